The van der Waals surface area contributed by atoms with E-state index in [9.17, 15) is 0 Å². The van der Waals surface area contributed by atoms with Gasteiger partial charge in [-0.05, 0) is 19.9 Å². The largest absolute Gasteiger partial charge is 0.385 e. The molecule has 0 aromatic heterocycles. The molecule has 0 aromatic rings. The van der Waals surface area contributed by atoms with E-state index in [4.69, 9.17) is 4.74 Å². The zero-order valence-electron chi connectivity index (χ0n) is 7.88. The summed E-state index contributed by atoms with van der Waals surface area (Å²) in [5.41, 5.74) is 0. The first-order valence-corrected chi connectivity index (χ1v) is 4.61. The average molecular weight is 171 g/mol. The molecular weight excluding hydrogens is 152 g/mol. The number of hydrogen-bond donors (Lipinski definition) is 1. The smallest absolute Gasteiger partial charge is 0.0477 e. The third-order valence-electron chi connectivity index (χ3n) is 2.41. The maximum absolute atomic E-state index is 5.06. The maximum atomic E-state index is 5.06. The molecule has 1 aliphatic rings. The molecule has 12 heavy (non-hydrogen) atoms. The van der Waals surface area contributed by atoms with Gasteiger partial charge in [0.2, 0.25) is 0 Å². The van der Waals surface area contributed by atoms with Crippen LogP contribution in [0.1, 0.15) is 6.42 Å². The van der Waals surface area contributed by atoms with Crippen LogP contribution in [0.15, 0.2) is 0 Å². The summed E-state index contributed by atoms with van der Waals surface area (Å²) >= 11 is 0. The highest BCUT2D eigenvalue weighted by Crippen LogP contribution is 2.06. The number of piperazine rings is 1. The molecule has 0 saturated carbocycles. The van der Waals surface area contributed by atoms with E-state index in [-0.39, 0.29) is 0 Å². The topological polar surface area (TPSA) is 24.5 Å². The second kappa shape index (κ2) is 5.51. The second-order valence-electron chi connectivity index (χ2n) is 3.18. The van der Waals surface area contributed by atoms with Gasteiger partial charge in [-0.1, -0.05) is 0 Å². The molecule has 1 aliphatic heterocycles. The van der Waals surface area contributed by atoms with E-state index >= 15 is 0 Å². The molecular formula is C9H19N2O. The van der Waals surface area contributed by atoms with Crippen LogP contribution in [0.5, 0.6) is 0 Å². The Labute approximate surface area is 75.1 Å². The highest BCUT2D eigenvalue weighted by molar-refractivity contribution is 4.79. The number of ether oxygens (including phenoxy) is 1. The van der Waals surface area contributed by atoms with Crippen LogP contribution in [0.3, 0.4) is 0 Å². The molecule has 0 amide bonds. The summed E-state index contributed by atoms with van der Waals surface area (Å²) in [5.74, 6) is 0. The summed E-state index contributed by atoms with van der Waals surface area (Å²) in [5, 5.41) is 3.38. The molecule has 71 valence electrons. The summed E-state index contributed by atoms with van der Waals surface area (Å²) < 4.78 is 5.06. The average Bonchev–Trinajstić information content (AvgIpc) is 2.15. The van der Waals surface area contributed by atoms with E-state index in [1.54, 1.807) is 7.11 Å². The van der Waals surface area contributed by atoms with Gasteiger partial charge in [0.15, 0.2) is 0 Å². The van der Waals surface area contributed by atoms with Crippen molar-refractivity contribution in [3.05, 3.63) is 6.92 Å². The van der Waals surface area contributed by atoms with Crippen LogP contribution in [-0.4, -0.2) is 50.8 Å². The molecule has 0 spiro atoms. The lowest BCUT2D eigenvalue weighted by Crippen LogP contribution is -2.51. The van der Waals surface area contributed by atoms with Crippen molar-refractivity contribution in [2.24, 2.45) is 0 Å². The minimum atomic E-state index is 0.621. The Hall–Kier alpha value is -0.120. The predicted octanol–water partition coefficient (Wildman–Crippen LogP) is 0.131. The fourth-order valence-electron chi connectivity index (χ4n) is 1.64. The van der Waals surface area contributed by atoms with Crippen molar-refractivity contribution in [2.45, 2.75) is 12.5 Å². The molecule has 1 unspecified atom stereocenters. The first-order valence-electron chi connectivity index (χ1n) is 4.61. The van der Waals surface area contributed by atoms with Gasteiger partial charge in [-0.3, -0.25) is 4.90 Å². The number of nitrogens with one attached hydrogen (secondary N) is 1. The summed E-state index contributed by atoms with van der Waals surface area (Å²) in [6, 6.07) is 0.621. The number of hydrogen-bond acceptors (Lipinski definition) is 3. The van der Waals surface area contributed by atoms with Crippen molar-refractivity contribution < 1.29 is 4.74 Å². The van der Waals surface area contributed by atoms with Crippen molar-refractivity contribution in [2.75, 3.05) is 39.9 Å². The molecule has 1 rings (SSSR count). The van der Waals surface area contributed by atoms with Crippen molar-refractivity contribution >= 4 is 0 Å². The van der Waals surface area contributed by atoms with E-state index in [1.165, 1.54) is 0 Å². The van der Waals surface area contributed by atoms with Crippen molar-refractivity contribution in [1.29, 1.82) is 0 Å². The fourth-order valence-corrected chi connectivity index (χ4v) is 1.64. The third-order valence-corrected chi connectivity index (χ3v) is 2.41. The van der Waals surface area contributed by atoms with Crippen LogP contribution in [0, 0.1) is 6.92 Å². The Morgan fingerprint density at radius 1 is 1.67 bits per heavy atom. The Kier molecular flexibility index (Phi) is 4.58. The van der Waals surface area contributed by atoms with Gasteiger partial charge >= 0.3 is 0 Å². The van der Waals surface area contributed by atoms with Crippen LogP contribution < -0.4 is 5.32 Å². The van der Waals surface area contributed by atoms with Crippen molar-refractivity contribution in [1.82, 2.24) is 10.2 Å². The van der Waals surface area contributed by atoms with Gasteiger partial charge in [0.25, 0.3) is 0 Å². The van der Waals surface area contributed by atoms with Gasteiger partial charge in [-0.2, -0.15) is 0 Å². The third kappa shape index (κ3) is 2.73. The molecule has 1 heterocycles. The second-order valence-corrected chi connectivity index (χ2v) is 3.18. The van der Waals surface area contributed by atoms with Gasteiger partial charge in [0, 0.05) is 39.4 Å². The minimum absolute atomic E-state index is 0.621. The van der Waals surface area contributed by atoms with Crippen LogP contribution in [0.2, 0.25) is 0 Å². The highest BCUT2D eigenvalue weighted by atomic mass is 16.5. The highest BCUT2D eigenvalue weighted by Gasteiger charge is 2.19. The molecule has 0 aromatic carbocycles. The Morgan fingerprint density at radius 3 is 3.17 bits per heavy atom. The first-order chi connectivity index (χ1) is 5.88. The van der Waals surface area contributed by atoms with Crippen molar-refractivity contribution in [3.8, 4) is 0 Å². The Morgan fingerprint density at radius 2 is 2.50 bits per heavy atom. The molecule has 3 nitrogen and oxygen atoms in total. The van der Waals surface area contributed by atoms with E-state index in [1.807, 2.05) is 0 Å². The van der Waals surface area contributed by atoms with E-state index < -0.39 is 0 Å². The maximum Gasteiger partial charge on any atom is 0.0477 e. The zero-order valence-corrected chi connectivity index (χ0v) is 7.88. The summed E-state index contributed by atoms with van der Waals surface area (Å²) in [6.45, 7) is 8.99. The Bertz CT molecular complexity index is 119. The van der Waals surface area contributed by atoms with Crippen molar-refractivity contribution in [3.63, 3.8) is 0 Å². The number of methoxy groups -OCH3 is 1. The van der Waals surface area contributed by atoms with Crippen LogP contribution in [0.25, 0.3) is 0 Å². The van der Waals surface area contributed by atoms with Gasteiger partial charge in [-0.15, -0.1) is 0 Å². The van der Waals surface area contributed by atoms with E-state index in [0.717, 1.165) is 39.2 Å². The molecule has 1 atom stereocenters. The summed E-state index contributed by atoms with van der Waals surface area (Å²) in [4.78, 5) is 2.41. The number of nitrogens with zero attached hydrogens (tertiary/aromatic N) is 1. The fraction of sp³-hybridized carbons (Fsp3) is 0.889. The number of rotatable bonds is 4. The summed E-state index contributed by atoms with van der Waals surface area (Å²) in [7, 11) is 1.75. The molecule has 3 heteroatoms. The quantitative estimate of drug-likeness (QED) is 0.651. The zero-order chi connectivity index (χ0) is 8.81. The SMILES string of the molecule is [CH2]CN1CCNCC1CCOC. The van der Waals surface area contributed by atoms with Gasteiger partial charge in [-0.25, -0.2) is 0 Å². The monoisotopic (exact) mass is 171 g/mol. The normalized spacial score (nSPS) is 26.0. The van der Waals surface area contributed by atoms with Gasteiger partial charge < -0.3 is 10.1 Å². The molecule has 1 fully saturated rings. The lowest BCUT2D eigenvalue weighted by atomic mass is 10.1. The summed E-state index contributed by atoms with van der Waals surface area (Å²) in [6.07, 6.45) is 1.11. The van der Waals surface area contributed by atoms with Crippen LogP contribution >= 0.6 is 0 Å². The molecule has 1 saturated heterocycles. The molecule has 0 bridgehead atoms. The van der Waals surface area contributed by atoms with Gasteiger partial charge in [0.05, 0.1) is 0 Å². The predicted molar refractivity (Wildman–Crippen MR) is 50.1 cm³/mol. The molecule has 0 aliphatic carbocycles. The lowest BCUT2D eigenvalue weighted by Gasteiger charge is -2.35. The molecule has 1 N–H and O–H groups in total. The van der Waals surface area contributed by atoms with E-state index in [0.29, 0.717) is 6.04 Å². The van der Waals surface area contributed by atoms with Crippen LogP contribution in [-0.2, 0) is 4.74 Å². The van der Waals surface area contributed by atoms with Gasteiger partial charge in [0.1, 0.15) is 0 Å². The first kappa shape index (κ1) is 9.96. The lowest BCUT2D eigenvalue weighted by molar-refractivity contribution is 0.120. The van der Waals surface area contributed by atoms with Crippen LogP contribution in [0.4, 0.5) is 0 Å². The van der Waals surface area contributed by atoms with E-state index in [2.05, 4.69) is 17.1 Å². The standard InChI is InChI=1S/C9H19N2O/c1-3-11-6-5-10-8-9(11)4-7-12-2/h9-10H,1,3-8H2,2H3. The minimum Gasteiger partial charge on any atom is -0.385 e. The molecule has 1 radical (unpaired) electrons. The Balaban J connectivity index is 2.26.